The maximum absolute atomic E-state index is 12.7. The molecule has 1 aromatic carbocycles. The summed E-state index contributed by atoms with van der Waals surface area (Å²) in [7, 11) is 1.65. The lowest BCUT2D eigenvalue weighted by Crippen LogP contribution is -2.51. The maximum atomic E-state index is 12.7. The van der Waals surface area contributed by atoms with E-state index in [1.54, 1.807) is 7.11 Å². The van der Waals surface area contributed by atoms with E-state index in [4.69, 9.17) is 4.74 Å². The van der Waals surface area contributed by atoms with Crippen LogP contribution in [0.25, 0.3) is 0 Å². The van der Waals surface area contributed by atoms with Gasteiger partial charge in [-0.05, 0) is 55.7 Å². The maximum Gasteiger partial charge on any atom is 0.223 e. The van der Waals surface area contributed by atoms with E-state index in [-0.39, 0.29) is 11.8 Å². The Labute approximate surface area is 173 Å². The van der Waals surface area contributed by atoms with Crippen LogP contribution in [-0.2, 0) is 16.0 Å². The summed E-state index contributed by atoms with van der Waals surface area (Å²) in [5.41, 5.74) is 1.14. The van der Waals surface area contributed by atoms with Gasteiger partial charge in [-0.2, -0.15) is 0 Å². The molecule has 3 aliphatic rings. The summed E-state index contributed by atoms with van der Waals surface area (Å²) >= 11 is 0. The smallest absolute Gasteiger partial charge is 0.223 e. The van der Waals surface area contributed by atoms with Crippen molar-refractivity contribution in [2.24, 2.45) is 5.92 Å². The number of hydrogen-bond donors (Lipinski definition) is 1. The van der Waals surface area contributed by atoms with Gasteiger partial charge in [0.25, 0.3) is 0 Å². The van der Waals surface area contributed by atoms with E-state index >= 15 is 0 Å². The van der Waals surface area contributed by atoms with Gasteiger partial charge >= 0.3 is 0 Å². The zero-order valence-electron chi connectivity index (χ0n) is 17.4. The van der Waals surface area contributed by atoms with Crippen molar-refractivity contribution in [3.8, 4) is 5.75 Å². The number of piperazine rings is 1. The number of ether oxygens (including phenoxy) is 1. The summed E-state index contributed by atoms with van der Waals surface area (Å²) in [6.07, 6.45) is 6.76. The molecule has 3 fully saturated rings. The summed E-state index contributed by atoms with van der Waals surface area (Å²) in [5.74, 6) is 1.83. The molecule has 29 heavy (non-hydrogen) atoms. The molecule has 0 aromatic heterocycles. The van der Waals surface area contributed by atoms with Crippen LogP contribution in [0.4, 0.5) is 0 Å². The molecule has 2 atom stereocenters. The molecule has 3 aliphatic heterocycles. The monoisotopic (exact) mass is 399 g/mol. The molecule has 0 saturated carbocycles. The van der Waals surface area contributed by atoms with Crippen molar-refractivity contribution in [1.82, 2.24) is 15.1 Å². The number of rotatable bonds is 6. The molecule has 0 spiro atoms. The first-order chi connectivity index (χ1) is 14.1. The zero-order chi connectivity index (χ0) is 20.2. The van der Waals surface area contributed by atoms with Gasteiger partial charge in [-0.1, -0.05) is 12.1 Å². The average molecular weight is 400 g/mol. The second-order valence-electron chi connectivity index (χ2n) is 8.79. The first kappa shape index (κ1) is 20.2. The Morgan fingerprint density at radius 2 is 1.55 bits per heavy atom. The van der Waals surface area contributed by atoms with Crippen LogP contribution in [0, 0.1) is 5.92 Å². The fourth-order valence-electron chi connectivity index (χ4n) is 5.12. The lowest BCUT2D eigenvalue weighted by atomic mass is 9.89. The highest BCUT2D eigenvalue weighted by atomic mass is 16.5. The van der Waals surface area contributed by atoms with Crippen LogP contribution in [0.3, 0.4) is 0 Å². The van der Waals surface area contributed by atoms with E-state index in [1.807, 2.05) is 34.1 Å². The first-order valence-electron chi connectivity index (χ1n) is 11.0. The van der Waals surface area contributed by atoms with Gasteiger partial charge in [-0.3, -0.25) is 9.59 Å². The molecule has 2 bridgehead atoms. The molecule has 158 valence electrons. The number of fused-ring (bicyclic) bond motifs is 2. The van der Waals surface area contributed by atoms with Crippen LogP contribution in [0.15, 0.2) is 24.3 Å². The third-order valence-corrected chi connectivity index (χ3v) is 6.81. The van der Waals surface area contributed by atoms with Gasteiger partial charge in [0.15, 0.2) is 0 Å². The number of piperidine rings is 1. The Hall–Kier alpha value is -2.08. The van der Waals surface area contributed by atoms with Crippen LogP contribution >= 0.6 is 0 Å². The van der Waals surface area contributed by atoms with Gasteiger partial charge in [-0.25, -0.2) is 0 Å². The fraction of sp³-hybridized carbons (Fsp3) is 0.652. The van der Waals surface area contributed by atoms with Crippen molar-refractivity contribution in [2.75, 3.05) is 33.3 Å². The second kappa shape index (κ2) is 9.16. The molecule has 3 heterocycles. The molecule has 6 heteroatoms. The zero-order valence-corrected chi connectivity index (χ0v) is 17.4. The summed E-state index contributed by atoms with van der Waals surface area (Å²) in [5, 5.41) is 3.65. The van der Waals surface area contributed by atoms with Crippen LogP contribution < -0.4 is 10.1 Å². The summed E-state index contributed by atoms with van der Waals surface area (Å²) in [6.45, 7) is 2.66. The largest absolute Gasteiger partial charge is 0.497 e. The van der Waals surface area contributed by atoms with Crippen molar-refractivity contribution in [2.45, 2.75) is 57.0 Å². The SMILES string of the molecule is COc1ccc(CCC(=O)N2CCN(C(=O)CC3CC4CCC(C3)N4)CC2)cc1. The first-order valence-corrected chi connectivity index (χ1v) is 11.0. The Morgan fingerprint density at radius 1 is 0.966 bits per heavy atom. The van der Waals surface area contributed by atoms with E-state index in [2.05, 4.69) is 5.32 Å². The topological polar surface area (TPSA) is 61.9 Å². The van der Waals surface area contributed by atoms with Crippen molar-refractivity contribution in [3.63, 3.8) is 0 Å². The third-order valence-electron chi connectivity index (χ3n) is 6.81. The minimum absolute atomic E-state index is 0.183. The van der Waals surface area contributed by atoms with Gasteiger partial charge in [-0.15, -0.1) is 0 Å². The van der Waals surface area contributed by atoms with E-state index < -0.39 is 0 Å². The molecule has 1 N–H and O–H groups in total. The summed E-state index contributed by atoms with van der Waals surface area (Å²) in [6, 6.07) is 9.14. The highest BCUT2D eigenvalue weighted by molar-refractivity contribution is 5.78. The van der Waals surface area contributed by atoms with Crippen molar-refractivity contribution < 1.29 is 14.3 Å². The summed E-state index contributed by atoms with van der Waals surface area (Å²) in [4.78, 5) is 29.2. The number of nitrogens with zero attached hydrogens (tertiary/aromatic N) is 2. The quantitative estimate of drug-likeness (QED) is 0.797. The van der Waals surface area contributed by atoms with Crippen LogP contribution in [-0.4, -0.2) is 67.0 Å². The Bertz CT molecular complexity index is 701. The van der Waals surface area contributed by atoms with Crippen molar-refractivity contribution >= 4 is 11.8 Å². The standard InChI is InChI=1S/C23H33N3O3/c1-29-21-7-2-17(3-8-21)4-9-22(27)25-10-12-26(13-11-25)23(28)16-18-14-19-5-6-20(15-18)24-19/h2-3,7-8,18-20,24H,4-6,9-16H2,1H3. The number of amides is 2. The highest BCUT2D eigenvalue weighted by Crippen LogP contribution is 2.33. The fourth-order valence-corrected chi connectivity index (χ4v) is 5.12. The van der Waals surface area contributed by atoms with Gasteiger partial charge in [0.05, 0.1) is 7.11 Å². The van der Waals surface area contributed by atoms with Crippen molar-refractivity contribution in [3.05, 3.63) is 29.8 Å². The Morgan fingerprint density at radius 3 is 2.14 bits per heavy atom. The Balaban J connectivity index is 1.18. The number of benzene rings is 1. The van der Waals surface area contributed by atoms with Gasteiger partial charge in [0.2, 0.25) is 11.8 Å². The molecule has 3 saturated heterocycles. The molecule has 2 unspecified atom stereocenters. The predicted molar refractivity (Wildman–Crippen MR) is 112 cm³/mol. The molecule has 2 amide bonds. The van der Waals surface area contributed by atoms with Gasteiger partial charge in [0.1, 0.15) is 5.75 Å². The summed E-state index contributed by atoms with van der Waals surface area (Å²) < 4.78 is 5.17. The number of hydrogen-bond acceptors (Lipinski definition) is 4. The minimum atomic E-state index is 0.183. The second-order valence-corrected chi connectivity index (χ2v) is 8.79. The van der Waals surface area contributed by atoms with E-state index in [0.717, 1.165) is 30.6 Å². The van der Waals surface area contributed by atoms with E-state index in [1.165, 1.54) is 12.8 Å². The van der Waals surface area contributed by atoms with E-state index in [9.17, 15) is 9.59 Å². The molecular weight excluding hydrogens is 366 g/mol. The Kier molecular flexibility index (Phi) is 6.38. The number of aryl methyl sites for hydroxylation is 1. The third kappa shape index (κ3) is 5.10. The molecule has 0 radical (unpaired) electrons. The number of methoxy groups -OCH3 is 1. The van der Waals surface area contributed by atoms with Crippen LogP contribution in [0.1, 0.15) is 44.1 Å². The molecule has 4 rings (SSSR count). The molecule has 0 aliphatic carbocycles. The number of nitrogens with one attached hydrogen (secondary N) is 1. The minimum Gasteiger partial charge on any atom is -0.497 e. The highest BCUT2D eigenvalue weighted by Gasteiger charge is 2.35. The lowest BCUT2D eigenvalue weighted by Gasteiger charge is -2.36. The molecule has 6 nitrogen and oxygen atoms in total. The average Bonchev–Trinajstić information content (AvgIpc) is 3.10. The molecular formula is C23H33N3O3. The predicted octanol–water partition coefficient (Wildman–Crippen LogP) is 2.22. The van der Waals surface area contributed by atoms with Crippen LogP contribution in [0.2, 0.25) is 0 Å². The molecule has 1 aromatic rings. The number of carbonyl (C=O) groups excluding carboxylic acids is 2. The van der Waals surface area contributed by atoms with E-state index in [0.29, 0.717) is 57.0 Å². The number of carbonyl (C=O) groups is 2. The lowest BCUT2D eigenvalue weighted by molar-refractivity contribution is -0.140. The van der Waals surface area contributed by atoms with Gasteiger partial charge in [0, 0.05) is 51.1 Å². The van der Waals surface area contributed by atoms with Crippen molar-refractivity contribution in [1.29, 1.82) is 0 Å². The van der Waals surface area contributed by atoms with Crippen LogP contribution in [0.5, 0.6) is 5.75 Å². The van der Waals surface area contributed by atoms with Gasteiger partial charge < -0.3 is 19.9 Å². The normalized spacial score (nSPS) is 26.4.